The van der Waals surface area contributed by atoms with Crippen molar-refractivity contribution in [3.05, 3.63) is 29.7 Å². The fourth-order valence-electron chi connectivity index (χ4n) is 2.10. The SMILES string of the molecule is COc1ccc(C)cc1-c1nnc(CC(C)CC(=O)O)o1. The second-order valence-corrected chi connectivity index (χ2v) is 5.11. The van der Waals surface area contributed by atoms with Crippen molar-refractivity contribution < 1.29 is 19.1 Å². The number of benzene rings is 1. The third kappa shape index (κ3) is 3.81. The summed E-state index contributed by atoms with van der Waals surface area (Å²) in [7, 11) is 1.58. The molecule has 112 valence electrons. The zero-order valence-corrected chi connectivity index (χ0v) is 12.3. The molecule has 1 heterocycles. The summed E-state index contributed by atoms with van der Waals surface area (Å²) < 4.78 is 10.9. The minimum atomic E-state index is -0.831. The van der Waals surface area contributed by atoms with Gasteiger partial charge in [-0.1, -0.05) is 18.6 Å². The zero-order valence-electron chi connectivity index (χ0n) is 12.3. The van der Waals surface area contributed by atoms with E-state index in [9.17, 15) is 4.79 Å². The van der Waals surface area contributed by atoms with Crippen LogP contribution in [0, 0.1) is 12.8 Å². The van der Waals surface area contributed by atoms with Crippen LogP contribution in [0.2, 0.25) is 0 Å². The molecule has 21 heavy (non-hydrogen) atoms. The number of ether oxygens (including phenoxy) is 1. The van der Waals surface area contributed by atoms with E-state index in [2.05, 4.69) is 10.2 Å². The maximum absolute atomic E-state index is 10.7. The molecule has 0 spiro atoms. The number of aliphatic carboxylic acids is 1. The van der Waals surface area contributed by atoms with Crippen molar-refractivity contribution in [2.75, 3.05) is 7.11 Å². The molecule has 2 rings (SSSR count). The molecule has 0 aliphatic rings. The Bertz CT molecular complexity index is 636. The number of hydrogen-bond acceptors (Lipinski definition) is 5. The van der Waals surface area contributed by atoms with Gasteiger partial charge in [-0.3, -0.25) is 4.79 Å². The smallest absolute Gasteiger partial charge is 0.303 e. The summed E-state index contributed by atoms with van der Waals surface area (Å²) in [5.41, 5.74) is 1.80. The van der Waals surface area contributed by atoms with E-state index in [1.165, 1.54) is 0 Å². The third-order valence-corrected chi connectivity index (χ3v) is 3.10. The number of aromatic nitrogens is 2. The molecule has 1 aromatic carbocycles. The van der Waals surface area contributed by atoms with Gasteiger partial charge in [-0.2, -0.15) is 0 Å². The van der Waals surface area contributed by atoms with Crippen molar-refractivity contribution in [1.82, 2.24) is 10.2 Å². The predicted molar refractivity (Wildman–Crippen MR) is 76.1 cm³/mol. The molecule has 0 bridgehead atoms. The molecular formula is C15H18N2O4. The topological polar surface area (TPSA) is 85.5 Å². The molecule has 0 saturated carbocycles. The summed E-state index contributed by atoms with van der Waals surface area (Å²) in [5.74, 6) is 0.586. The minimum absolute atomic E-state index is 0.0600. The lowest BCUT2D eigenvalue weighted by Gasteiger charge is -2.06. The summed E-state index contributed by atoms with van der Waals surface area (Å²) in [6, 6.07) is 5.70. The molecule has 1 N–H and O–H groups in total. The van der Waals surface area contributed by atoms with Crippen molar-refractivity contribution in [2.24, 2.45) is 5.92 Å². The van der Waals surface area contributed by atoms with Crippen LogP contribution < -0.4 is 4.74 Å². The average molecular weight is 290 g/mol. The van der Waals surface area contributed by atoms with Gasteiger partial charge in [0.15, 0.2) is 0 Å². The first kappa shape index (κ1) is 15.0. The van der Waals surface area contributed by atoms with Crippen LogP contribution in [0.25, 0.3) is 11.5 Å². The second-order valence-electron chi connectivity index (χ2n) is 5.11. The summed E-state index contributed by atoms with van der Waals surface area (Å²) in [6.07, 6.45) is 0.513. The van der Waals surface area contributed by atoms with Crippen LogP contribution >= 0.6 is 0 Å². The molecule has 0 aliphatic heterocycles. The van der Waals surface area contributed by atoms with Crippen LogP contribution in [-0.2, 0) is 11.2 Å². The number of carboxylic acids is 1. The van der Waals surface area contributed by atoms with E-state index >= 15 is 0 Å². The largest absolute Gasteiger partial charge is 0.496 e. The Kier molecular flexibility index (Phi) is 4.57. The van der Waals surface area contributed by atoms with Crippen LogP contribution in [0.4, 0.5) is 0 Å². The zero-order chi connectivity index (χ0) is 15.4. The summed E-state index contributed by atoms with van der Waals surface area (Å²) in [6.45, 7) is 3.81. The third-order valence-electron chi connectivity index (χ3n) is 3.10. The summed E-state index contributed by atoms with van der Waals surface area (Å²) >= 11 is 0. The number of rotatable bonds is 6. The quantitative estimate of drug-likeness (QED) is 0.880. The number of hydrogen-bond donors (Lipinski definition) is 1. The Hall–Kier alpha value is -2.37. The molecule has 0 radical (unpaired) electrons. The number of aryl methyl sites for hydroxylation is 1. The molecule has 0 fully saturated rings. The molecule has 0 amide bonds. The Balaban J connectivity index is 2.20. The highest BCUT2D eigenvalue weighted by Gasteiger charge is 2.16. The molecule has 1 aromatic heterocycles. The Labute approximate surface area is 122 Å². The van der Waals surface area contributed by atoms with Crippen LogP contribution in [0.1, 0.15) is 24.8 Å². The maximum Gasteiger partial charge on any atom is 0.303 e. The standard InChI is InChI=1S/C15H18N2O4/c1-9-4-5-12(20-3)11(6-9)15-17-16-13(21-15)7-10(2)8-14(18)19/h4-6,10H,7-8H2,1-3H3,(H,18,19). The highest BCUT2D eigenvalue weighted by atomic mass is 16.5. The monoisotopic (exact) mass is 290 g/mol. The van der Waals surface area contributed by atoms with Crippen molar-refractivity contribution in [1.29, 1.82) is 0 Å². The molecule has 1 unspecified atom stereocenters. The maximum atomic E-state index is 10.7. The number of carbonyl (C=O) groups is 1. The Morgan fingerprint density at radius 2 is 2.19 bits per heavy atom. The van der Waals surface area contributed by atoms with Crippen LogP contribution in [0.3, 0.4) is 0 Å². The van der Waals surface area contributed by atoms with Gasteiger partial charge in [0.1, 0.15) is 5.75 Å². The fourth-order valence-corrected chi connectivity index (χ4v) is 2.10. The van der Waals surface area contributed by atoms with Crippen molar-refractivity contribution in [3.8, 4) is 17.2 Å². The van der Waals surface area contributed by atoms with E-state index in [0.717, 1.165) is 11.1 Å². The second kappa shape index (κ2) is 6.39. The van der Waals surface area contributed by atoms with E-state index in [-0.39, 0.29) is 12.3 Å². The van der Waals surface area contributed by atoms with E-state index < -0.39 is 5.97 Å². The first-order valence-corrected chi connectivity index (χ1v) is 6.68. The predicted octanol–water partition coefficient (Wildman–Crippen LogP) is 2.71. The van der Waals surface area contributed by atoms with Gasteiger partial charge in [0.2, 0.25) is 5.89 Å². The van der Waals surface area contributed by atoms with Gasteiger partial charge in [-0.25, -0.2) is 0 Å². The van der Waals surface area contributed by atoms with Gasteiger partial charge in [0.05, 0.1) is 12.7 Å². The molecule has 6 nitrogen and oxygen atoms in total. The van der Waals surface area contributed by atoms with E-state index in [4.69, 9.17) is 14.3 Å². The molecule has 2 aromatic rings. The lowest BCUT2D eigenvalue weighted by molar-refractivity contribution is -0.137. The van der Waals surface area contributed by atoms with E-state index in [0.29, 0.717) is 24.0 Å². The first-order chi connectivity index (χ1) is 9.99. The van der Waals surface area contributed by atoms with Gasteiger partial charge < -0.3 is 14.3 Å². The fraction of sp³-hybridized carbons (Fsp3) is 0.400. The average Bonchev–Trinajstić information content (AvgIpc) is 2.85. The molecule has 1 atom stereocenters. The van der Waals surface area contributed by atoms with E-state index in [1.807, 2.05) is 32.0 Å². The van der Waals surface area contributed by atoms with Gasteiger partial charge >= 0.3 is 5.97 Å². The van der Waals surface area contributed by atoms with Crippen LogP contribution in [0.5, 0.6) is 5.75 Å². The Morgan fingerprint density at radius 1 is 1.43 bits per heavy atom. The highest BCUT2D eigenvalue weighted by molar-refractivity contribution is 5.67. The van der Waals surface area contributed by atoms with Gasteiger partial charge in [0.25, 0.3) is 5.89 Å². The summed E-state index contributed by atoms with van der Waals surface area (Å²) in [5, 5.41) is 16.8. The lowest BCUT2D eigenvalue weighted by Crippen LogP contribution is -2.07. The summed E-state index contributed by atoms with van der Waals surface area (Å²) in [4.78, 5) is 10.7. The van der Waals surface area contributed by atoms with Crippen molar-refractivity contribution in [2.45, 2.75) is 26.7 Å². The number of methoxy groups -OCH3 is 1. The molecule has 0 aliphatic carbocycles. The van der Waals surface area contributed by atoms with Crippen LogP contribution in [0.15, 0.2) is 22.6 Å². The van der Waals surface area contributed by atoms with Gasteiger partial charge in [0, 0.05) is 12.8 Å². The minimum Gasteiger partial charge on any atom is -0.496 e. The number of carboxylic acid groups (broad SMARTS) is 1. The number of nitrogens with zero attached hydrogens (tertiary/aromatic N) is 2. The molecule has 6 heteroatoms. The highest BCUT2D eigenvalue weighted by Crippen LogP contribution is 2.30. The van der Waals surface area contributed by atoms with Gasteiger partial charge in [-0.15, -0.1) is 10.2 Å². The Morgan fingerprint density at radius 3 is 2.86 bits per heavy atom. The van der Waals surface area contributed by atoms with Crippen molar-refractivity contribution >= 4 is 5.97 Å². The van der Waals surface area contributed by atoms with E-state index in [1.54, 1.807) is 7.11 Å². The normalized spacial score (nSPS) is 12.1. The lowest BCUT2D eigenvalue weighted by atomic mass is 10.0. The molecule has 0 saturated heterocycles. The van der Waals surface area contributed by atoms with Crippen LogP contribution in [-0.4, -0.2) is 28.4 Å². The molecular weight excluding hydrogens is 272 g/mol. The van der Waals surface area contributed by atoms with Crippen molar-refractivity contribution in [3.63, 3.8) is 0 Å². The first-order valence-electron chi connectivity index (χ1n) is 6.68. The van der Waals surface area contributed by atoms with Gasteiger partial charge in [-0.05, 0) is 25.0 Å².